The second kappa shape index (κ2) is 9.69. The second-order valence-electron chi connectivity index (χ2n) is 10.1. The highest BCUT2D eigenvalue weighted by Crippen LogP contribution is 2.50. The number of nitrogens with zero attached hydrogens (tertiary/aromatic N) is 1. The summed E-state index contributed by atoms with van der Waals surface area (Å²) in [5, 5.41) is 28.8. The van der Waals surface area contributed by atoms with Crippen molar-refractivity contribution in [2.75, 3.05) is 11.5 Å². The van der Waals surface area contributed by atoms with Crippen LogP contribution in [0.25, 0.3) is 6.08 Å². The van der Waals surface area contributed by atoms with Gasteiger partial charge in [0.15, 0.2) is 0 Å². The Bertz CT molecular complexity index is 1270. The highest BCUT2D eigenvalue weighted by Gasteiger charge is 2.56. The van der Waals surface area contributed by atoms with Gasteiger partial charge in [0.1, 0.15) is 5.75 Å². The van der Waals surface area contributed by atoms with E-state index in [1.54, 1.807) is 30.3 Å². The second-order valence-corrected chi connectivity index (χ2v) is 10.1. The van der Waals surface area contributed by atoms with Crippen molar-refractivity contribution < 1.29 is 29.5 Å². The van der Waals surface area contributed by atoms with Crippen LogP contribution in [0.2, 0.25) is 0 Å². The molecule has 0 aromatic heterocycles. The average Bonchev–Trinajstić information content (AvgIpc) is 3.37. The van der Waals surface area contributed by atoms with E-state index in [1.165, 1.54) is 16.5 Å². The summed E-state index contributed by atoms with van der Waals surface area (Å²) in [4.78, 5) is 28.1. The first-order chi connectivity index (χ1) is 17.2. The van der Waals surface area contributed by atoms with Crippen LogP contribution in [0.3, 0.4) is 0 Å². The van der Waals surface area contributed by atoms with Crippen LogP contribution >= 0.6 is 0 Å². The van der Waals surface area contributed by atoms with Crippen LogP contribution in [-0.2, 0) is 14.3 Å². The Balaban J connectivity index is 1.33. The minimum atomic E-state index is -1.68. The Morgan fingerprint density at radius 3 is 2.64 bits per heavy atom. The molecule has 0 spiro atoms. The Labute approximate surface area is 210 Å². The van der Waals surface area contributed by atoms with Crippen LogP contribution in [0.1, 0.15) is 38.7 Å². The summed E-state index contributed by atoms with van der Waals surface area (Å²) in [5.74, 6) is -1.26. The number of carbonyl (C=O) groups excluding carboxylic acids is 2. The lowest BCUT2D eigenvalue weighted by atomic mass is 9.70. The highest BCUT2D eigenvalue weighted by atomic mass is 16.5. The van der Waals surface area contributed by atoms with Crippen molar-refractivity contribution in [3.63, 3.8) is 0 Å². The Morgan fingerprint density at radius 1 is 1.11 bits per heavy atom. The first-order valence-corrected chi connectivity index (χ1v) is 12.4. The summed E-state index contributed by atoms with van der Waals surface area (Å²) < 4.78 is 6.20. The van der Waals surface area contributed by atoms with Crippen LogP contribution in [0.4, 0.5) is 5.69 Å². The van der Waals surface area contributed by atoms with Crippen molar-refractivity contribution in [1.82, 2.24) is 0 Å². The van der Waals surface area contributed by atoms with E-state index in [1.807, 2.05) is 19.1 Å². The van der Waals surface area contributed by atoms with Crippen molar-refractivity contribution in [3.05, 3.63) is 70.8 Å². The minimum Gasteiger partial charge on any atom is -0.508 e. The number of carbonyl (C=O) groups is 2. The molecule has 186 valence electrons. The molecule has 0 bridgehead atoms. The Kier molecular flexibility index (Phi) is 6.59. The van der Waals surface area contributed by atoms with E-state index in [4.69, 9.17) is 4.74 Å². The SMILES string of the molecule is CC1=C2[C@@H](CC/C(C)=C/c3cccc(O)c3)OC[C@@H]2[C@@H]2C(=O)N(c3cccc(B(O)O)c3)C(=O)[C@@H]2C1. The first kappa shape index (κ1) is 24.5. The lowest BCUT2D eigenvalue weighted by Gasteiger charge is -2.30. The molecular weight excluding hydrogens is 457 g/mol. The molecule has 2 saturated heterocycles. The zero-order valence-electron chi connectivity index (χ0n) is 20.4. The molecule has 0 saturated carbocycles. The molecule has 2 aliphatic heterocycles. The molecule has 8 heteroatoms. The monoisotopic (exact) mass is 487 g/mol. The molecule has 2 aromatic rings. The number of aromatic hydroxyl groups is 1. The molecule has 4 atom stereocenters. The van der Waals surface area contributed by atoms with Crippen LogP contribution < -0.4 is 10.4 Å². The number of amides is 2. The van der Waals surface area contributed by atoms with Gasteiger partial charge in [-0.25, -0.2) is 0 Å². The van der Waals surface area contributed by atoms with Crippen LogP contribution in [0.5, 0.6) is 5.75 Å². The fourth-order valence-corrected chi connectivity index (χ4v) is 6.04. The third-order valence-electron chi connectivity index (χ3n) is 7.66. The molecule has 0 unspecified atom stereocenters. The van der Waals surface area contributed by atoms with E-state index in [0.717, 1.165) is 29.6 Å². The molecule has 3 N–H and O–H groups in total. The molecule has 1 aliphatic carbocycles. The minimum absolute atomic E-state index is 0.0895. The summed E-state index contributed by atoms with van der Waals surface area (Å²) >= 11 is 0. The van der Waals surface area contributed by atoms with Crippen LogP contribution in [0.15, 0.2) is 65.3 Å². The smallest absolute Gasteiger partial charge is 0.488 e. The van der Waals surface area contributed by atoms with Gasteiger partial charge in [-0.05, 0) is 74.0 Å². The van der Waals surface area contributed by atoms with Gasteiger partial charge >= 0.3 is 7.12 Å². The number of phenols is 1. The largest absolute Gasteiger partial charge is 0.508 e. The van der Waals surface area contributed by atoms with Gasteiger partial charge in [0, 0.05) is 5.92 Å². The number of anilines is 1. The molecule has 0 radical (unpaired) electrons. The number of ether oxygens (including phenoxy) is 1. The summed E-state index contributed by atoms with van der Waals surface area (Å²) in [7, 11) is -1.68. The van der Waals surface area contributed by atoms with Crippen molar-refractivity contribution in [3.8, 4) is 5.75 Å². The van der Waals surface area contributed by atoms with Crippen molar-refractivity contribution >= 4 is 36.2 Å². The zero-order valence-corrected chi connectivity index (χ0v) is 20.4. The number of phenolic OH excluding ortho intramolecular Hbond substituents is 1. The van der Waals surface area contributed by atoms with Crippen molar-refractivity contribution in [1.29, 1.82) is 0 Å². The van der Waals surface area contributed by atoms with E-state index < -0.39 is 19.0 Å². The van der Waals surface area contributed by atoms with Gasteiger partial charge in [-0.15, -0.1) is 0 Å². The maximum atomic E-state index is 13.6. The maximum Gasteiger partial charge on any atom is 0.488 e. The fourth-order valence-electron chi connectivity index (χ4n) is 6.04. The van der Waals surface area contributed by atoms with Gasteiger partial charge in [0.25, 0.3) is 0 Å². The van der Waals surface area contributed by atoms with Gasteiger partial charge in [-0.2, -0.15) is 0 Å². The summed E-state index contributed by atoms with van der Waals surface area (Å²) in [5.41, 5.74) is 5.00. The lowest BCUT2D eigenvalue weighted by molar-refractivity contribution is -0.122. The number of rotatable bonds is 6. The van der Waals surface area contributed by atoms with Crippen LogP contribution in [0, 0.1) is 17.8 Å². The van der Waals surface area contributed by atoms with Gasteiger partial charge < -0.3 is 19.9 Å². The molecule has 2 heterocycles. The molecule has 3 aliphatic rings. The van der Waals surface area contributed by atoms with Gasteiger partial charge in [-0.1, -0.05) is 41.5 Å². The van der Waals surface area contributed by atoms with E-state index in [9.17, 15) is 24.7 Å². The van der Waals surface area contributed by atoms with Crippen LogP contribution in [-0.4, -0.2) is 46.8 Å². The van der Waals surface area contributed by atoms with E-state index in [0.29, 0.717) is 18.7 Å². The quantitative estimate of drug-likeness (QED) is 0.329. The number of fused-ring (bicyclic) bond motifs is 3. The third kappa shape index (κ3) is 4.41. The predicted octanol–water partition coefficient (Wildman–Crippen LogP) is 2.80. The zero-order chi connectivity index (χ0) is 25.6. The standard InChI is InChI=1S/C28H30BNO6/c1-16(11-18-5-3-8-21(31)13-18)9-10-24-25-17(2)12-22-26(23(25)15-36-24)28(33)30(27(22)32)20-7-4-6-19(14-20)29(34)35/h3-8,11,13-14,22-24,26,31,34-35H,9-10,12,15H2,1-2H3/b16-11+/t22-,23+,24-,26-/m1/s1. The Morgan fingerprint density at radius 2 is 1.89 bits per heavy atom. The molecule has 2 aromatic carbocycles. The number of benzene rings is 2. The summed E-state index contributed by atoms with van der Waals surface area (Å²) in [6, 6.07) is 13.4. The normalized spacial score (nSPS) is 25.9. The molecular formula is C28H30BNO6. The fraction of sp³-hybridized carbons (Fsp3) is 0.357. The number of hydrogen-bond donors (Lipinski definition) is 3. The first-order valence-electron chi connectivity index (χ1n) is 12.4. The third-order valence-corrected chi connectivity index (χ3v) is 7.66. The van der Waals surface area contributed by atoms with E-state index in [2.05, 4.69) is 13.0 Å². The predicted molar refractivity (Wildman–Crippen MR) is 137 cm³/mol. The molecule has 2 fully saturated rings. The number of allylic oxidation sites excluding steroid dienone is 2. The number of imide groups is 1. The molecule has 2 amide bonds. The van der Waals surface area contributed by atoms with Gasteiger partial charge in [0.05, 0.1) is 30.2 Å². The molecule has 7 nitrogen and oxygen atoms in total. The number of hydrogen-bond acceptors (Lipinski definition) is 6. The van der Waals surface area contributed by atoms with E-state index >= 15 is 0 Å². The van der Waals surface area contributed by atoms with E-state index in [-0.39, 0.29) is 35.0 Å². The highest BCUT2D eigenvalue weighted by molar-refractivity contribution is 6.58. The topological polar surface area (TPSA) is 107 Å². The summed E-state index contributed by atoms with van der Waals surface area (Å²) in [6.45, 7) is 4.51. The lowest BCUT2D eigenvalue weighted by Crippen LogP contribution is -2.35. The van der Waals surface area contributed by atoms with Crippen molar-refractivity contribution in [2.24, 2.45) is 17.8 Å². The van der Waals surface area contributed by atoms with Gasteiger partial charge in [0.2, 0.25) is 11.8 Å². The maximum absolute atomic E-state index is 13.6. The molecule has 5 rings (SSSR count). The van der Waals surface area contributed by atoms with Crippen molar-refractivity contribution in [2.45, 2.75) is 39.2 Å². The van der Waals surface area contributed by atoms with Gasteiger partial charge in [-0.3, -0.25) is 14.5 Å². The average molecular weight is 487 g/mol. The Hall–Kier alpha value is -3.20. The summed E-state index contributed by atoms with van der Waals surface area (Å²) in [6.07, 6.45) is 4.08. The molecule has 36 heavy (non-hydrogen) atoms.